The molecule has 0 saturated carbocycles. The van der Waals surface area contributed by atoms with Gasteiger partial charge >= 0.3 is 15.6 Å². The molecule has 0 aliphatic rings. The molecule has 0 saturated heterocycles. The minimum atomic E-state index is -3.58. The lowest BCUT2D eigenvalue weighted by molar-refractivity contribution is 0.0809. The number of phosphoric acid groups is 2. The Morgan fingerprint density at radius 2 is 0.800 bits per heavy atom. The maximum atomic E-state index is 11.9. The SMILES string of the molecule is CCOP(=O)(OCC)OCCOP(=O)(OCC)OCC. The van der Waals surface area contributed by atoms with Crippen molar-refractivity contribution in [2.75, 3.05) is 39.6 Å². The van der Waals surface area contributed by atoms with Crippen molar-refractivity contribution in [1.82, 2.24) is 0 Å². The van der Waals surface area contributed by atoms with Gasteiger partial charge in [-0.1, -0.05) is 0 Å². The van der Waals surface area contributed by atoms with E-state index in [1.807, 2.05) is 0 Å². The summed E-state index contributed by atoms with van der Waals surface area (Å²) < 4.78 is 53.6. The van der Waals surface area contributed by atoms with Gasteiger partial charge in [0.1, 0.15) is 0 Å². The highest BCUT2D eigenvalue weighted by atomic mass is 31.2. The molecular weight excluding hydrogens is 310 g/mol. The number of rotatable bonds is 13. The Bertz CT molecular complexity index is 283. The summed E-state index contributed by atoms with van der Waals surface area (Å²) in [5.74, 6) is 0. The first-order chi connectivity index (χ1) is 9.45. The van der Waals surface area contributed by atoms with E-state index in [1.165, 1.54) is 0 Å². The Kier molecular flexibility index (Phi) is 11.0. The second-order valence-electron chi connectivity index (χ2n) is 3.23. The molecule has 0 atom stereocenters. The molecule has 0 radical (unpaired) electrons. The molecule has 0 aromatic carbocycles. The molecule has 122 valence electrons. The van der Waals surface area contributed by atoms with Gasteiger partial charge < -0.3 is 0 Å². The van der Waals surface area contributed by atoms with Crippen molar-refractivity contribution in [2.45, 2.75) is 27.7 Å². The molecule has 10 heteroatoms. The summed E-state index contributed by atoms with van der Waals surface area (Å²) in [5.41, 5.74) is 0. The zero-order valence-corrected chi connectivity index (χ0v) is 14.2. The highest BCUT2D eigenvalue weighted by Gasteiger charge is 2.28. The predicted octanol–water partition coefficient (Wildman–Crippen LogP) is 3.38. The lowest BCUT2D eigenvalue weighted by Crippen LogP contribution is -2.08. The lowest BCUT2D eigenvalue weighted by Gasteiger charge is -2.18. The van der Waals surface area contributed by atoms with Crippen LogP contribution in [0.15, 0.2) is 0 Å². The van der Waals surface area contributed by atoms with Crippen molar-refractivity contribution in [3.8, 4) is 0 Å². The summed E-state index contributed by atoms with van der Waals surface area (Å²) in [5, 5.41) is 0. The van der Waals surface area contributed by atoms with E-state index in [0.717, 1.165) is 0 Å². The lowest BCUT2D eigenvalue weighted by atomic mass is 10.8. The van der Waals surface area contributed by atoms with Crippen LogP contribution in [0.25, 0.3) is 0 Å². The van der Waals surface area contributed by atoms with E-state index in [2.05, 4.69) is 0 Å². The van der Waals surface area contributed by atoms with Gasteiger partial charge in [0.15, 0.2) is 0 Å². The second-order valence-corrected chi connectivity index (χ2v) is 6.57. The van der Waals surface area contributed by atoms with Crippen LogP contribution < -0.4 is 0 Å². The van der Waals surface area contributed by atoms with Gasteiger partial charge in [0.25, 0.3) is 0 Å². The smallest absolute Gasteiger partial charge is 0.287 e. The van der Waals surface area contributed by atoms with Gasteiger partial charge in [-0.05, 0) is 27.7 Å². The Hall–Kier alpha value is 0.220. The molecule has 0 amide bonds. The number of phosphoric ester groups is 2. The van der Waals surface area contributed by atoms with Crippen LogP contribution in [0.3, 0.4) is 0 Å². The summed E-state index contributed by atoms with van der Waals surface area (Å²) in [6.07, 6.45) is 0. The minimum Gasteiger partial charge on any atom is -0.287 e. The van der Waals surface area contributed by atoms with Crippen LogP contribution in [0, 0.1) is 0 Å². The highest BCUT2D eigenvalue weighted by Crippen LogP contribution is 2.51. The fourth-order valence-corrected chi connectivity index (χ4v) is 3.46. The molecule has 8 nitrogen and oxygen atoms in total. The largest absolute Gasteiger partial charge is 0.474 e. The van der Waals surface area contributed by atoms with Gasteiger partial charge in [0.2, 0.25) is 0 Å². The van der Waals surface area contributed by atoms with Crippen LogP contribution in [0.4, 0.5) is 0 Å². The van der Waals surface area contributed by atoms with Gasteiger partial charge in [0.05, 0.1) is 39.6 Å². The molecule has 0 heterocycles. The van der Waals surface area contributed by atoms with Gasteiger partial charge in [-0.25, -0.2) is 9.13 Å². The molecule has 0 unspecified atom stereocenters. The normalized spacial score (nSPS) is 12.8. The van der Waals surface area contributed by atoms with Crippen molar-refractivity contribution < 1.29 is 36.3 Å². The average molecular weight is 334 g/mol. The molecule has 0 aliphatic heterocycles. The van der Waals surface area contributed by atoms with Crippen LogP contribution in [0.1, 0.15) is 27.7 Å². The summed E-state index contributed by atoms with van der Waals surface area (Å²) in [4.78, 5) is 0. The zero-order chi connectivity index (χ0) is 15.5. The Labute approximate surface area is 120 Å². The van der Waals surface area contributed by atoms with Crippen LogP contribution >= 0.6 is 15.6 Å². The van der Waals surface area contributed by atoms with E-state index in [1.54, 1.807) is 27.7 Å². The van der Waals surface area contributed by atoms with Gasteiger partial charge in [-0.15, -0.1) is 0 Å². The van der Waals surface area contributed by atoms with Crippen molar-refractivity contribution in [1.29, 1.82) is 0 Å². The number of hydrogen-bond donors (Lipinski definition) is 0. The first-order valence-corrected chi connectivity index (χ1v) is 9.44. The topological polar surface area (TPSA) is 89.5 Å². The molecule has 0 bridgehead atoms. The van der Waals surface area contributed by atoms with Gasteiger partial charge in [0, 0.05) is 0 Å². The molecule has 0 aromatic heterocycles. The van der Waals surface area contributed by atoms with Crippen LogP contribution in [-0.2, 0) is 36.3 Å². The molecule has 0 fully saturated rings. The third-order valence-electron chi connectivity index (χ3n) is 1.73. The Morgan fingerprint density at radius 1 is 0.550 bits per heavy atom. The van der Waals surface area contributed by atoms with Crippen molar-refractivity contribution in [3.05, 3.63) is 0 Å². The predicted molar refractivity (Wildman–Crippen MR) is 73.6 cm³/mol. The third kappa shape index (κ3) is 8.49. The summed E-state index contributed by atoms with van der Waals surface area (Å²) >= 11 is 0. The average Bonchev–Trinajstić information content (AvgIpc) is 2.36. The van der Waals surface area contributed by atoms with Crippen molar-refractivity contribution >= 4 is 15.6 Å². The van der Waals surface area contributed by atoms with E-state index >= 15 is 0 Å². The summed E-state index contributed by atoms with van der Waals surface area (Å²) in [6.45, 7) is 7.19. The van der Waals surface area contributed by atoms with Crippen LogP contribution in [0.2, 0.25) is 0 Å². The van der Waals surface area contributed by atoms with Crippen LogP contribution in [0.5, 0.6) is 0 Å². The van der Waals surface area contributed by atoms with E-state index in [9.17, 15) is 9.13 Å². The minimum absolute atomic E-state index is 0.124. The van der Waals surface area contributed by atoms with Crippen LogP contribution in [-0.4, -0.2) is 39.6 Å². The molecule has 0 aromatic rings. The fourth-order valence-electron chi connectivity index (χ4n) is 1.15. The molecule has 0 spiro atoms. The van der Waals surface area contributed by atoms with Crippen molar-refractivity contribution in [3.63, 3.8) is 0 Å². The first kappa shape index (κ1) is 20.2. The molecule has 0 aliphatic carbocycles. The molecule has 20 heavy (non-hydrogen) atoms. The maximum Gasteiger partial charge on any atom is 0.474 e. The fraction of sp³-hybridized carbons (Fsp3) is 1.00. The number of hydrogen-bond acceptors (Lipinski definition) is 8. The van der Waals surface area contributed by atoms with E-state index < -0.39 is 15.6 Å². The van der Waals surface area contributed by atoms with Gasteiger partial charge in [-0.3, -0.25) is 27.1 Å². The monoisotopic (exact) mass is 334 g/mol. The maximum absolute atomic E-state index is 11.9. The van der Waals surface area contributed by atoms with Gasteiger partial charge in [-0.2, -0.15) is 0 Å². The third-order valence-corrected chi connectivity index (χ3v) is 5.03. The van der Waals surface area contributed by atoms with Crippen molar-refractivity contribution in [2.24, 2.45) is 0 Å². The molecule has 0 rings (SSSR count). The first-order valence-electron chi connectivity index (χ1n) is 6.52. The van der Waals surface area contributed by atoms with E-state index in [-0.39, 0.29) is 39.6 Å². The molecule has 0 N–H and O–H groups in total. The summed E-state index contributed by atoms with van der Waals surface area (Å²) in [7, 11) is -7.17. The summed E-state index contributed by atoms with van der Waals surface area (Å²) in [6, 6.07) is 0. The van der Waals surface area contributed by atoms with E-state index in [4.69, 9.17) is 27.1 Å². The zero-order valence-electron chi connectivity index (χ0n) is 12.4. The standard InChI is InChI=1S/C10H24O8P2/c1-5-13-19(11,14-6-2)17-9-10-18-20(12,15-7-3)16-8-4/h5-10H2,1-4H3. The second kappa shape index (κ2) is 10.9. The Morgan fingerprint density at radius 3 is 1.00 bits per heavy atom. The van der Waals surface area contributed by atoms with E-state index in [0.29, 0.717) is 0 Å². The highest BCUT2D eigenvalue weighted by molar-refractivity contribution is 7.48. The quantitative estimate of drug-likeness (QED) is 0.374. The molecular formula is C10H24O8P2. The Balaban J connectivity index is 4.20.